The van der Waals surface area contributed by atoms with Crippen LogP contribution < -0.4 is 10.6 Å². The largest absolute Gasteiger partial charge is 0.444 e. The highest BCUT2D eigenvalue weighted by Crippen LogP contribution is 2.08. The van der Waals surface area contributed by atoms with Gasteiger partial charge in [0.15, 0.2) is 0 Å². The lowest BCUT2D eigenvalue weighted by Gasteiger charge is -2.19. The van der Waals surface area contributed by atoms with E-state index < -0.39 is 11.7 Å². The Morgan fingerprint density at radius 3 is 2.17 bits per heavy atom. The van der Waals surface area contributed by atoms with E-state index >= 15 is 0 Å². The Kier molecular flexibility index (Phi) is 5.82. The van der Waals surface area contributed by atoms with Gasteiger partial charge in [0.1, 0.15) is 5.60 Å². The van der Waals surface area contributed by atoms with E-state index in [2.05, 4.69) is 33.8 Å². The third-order valence-corrected chi connectivity index (χ3v) is 3.18. The van der Waals surface area contributed by atoms with Crippen molar-refractivity contribution in [1.29, 1.82) is 0 Å². The van der Waals surface area contributed by atoms with Gasteiger partial charge in [-0.15, -0.1) is 0 Å². The molecule has 1 aromatic heterocycles. The van der Waals surface area contributed by atoms with Crippen LogP contribution in [0.3, 0.4) is 0 Å². The smallest absolute Gasteiger partial charge is 0.407 e. The lowest BCUT2D eigenvalue weighted by atomic mass is 10.1. The quantitative estimate of drug-likeness (QED) is 0.766. The molecule has 0 saturated heterocycles. The van der Waals surface area contributed by atoms with Crippen molar-refractivity contribution in [2.75, 3.05) is 0 Å². The number of hydrogen-bond donors (Lipinski definition) is 3. The molecule has 5 heteroatoms. The van der Waals surface area contributed by atoms with Gasteiger partial charge in [0.2, 0.25) is 0 Å². The first-order valence-electron chi connectivity index (χ1n) is 7.79. The molecule has 1 heterocycles. The zero-order valence-corrected chi connectivity index (χ0v) is 14.0. The van der Waals surface area contributed by atoms with E-state index in [1.54, 1.807) is 0 Å². The van der Waals surface area contributed by atoms with E-state index in [1.165, 1.54) is 11.1 Å². The molecule has 23 heavy (non-hydrogen) atoms. The Balaban J connectivity index is 1.72. The van der Waals surface area contributed by atoms with Gasteiger partial charge < -0.3 is 20.4 Å². The monoisotopic (exact) mass is 315 g/mol. The Hall–Kier alpha value is -2.27. The Bertz CT molecular complexity index is 598. The Labute approximate surface area is 137 Å². The molecule has 0 bridgehead atoms. The predicted octanol–water partition coefficient (Wildman–Crippen LogP) is 3.33. The highest BCUT2D eigenvalue weighted by molar-refractivity contribution is 5.67. The second-order valence-corrected chi connectivity index (χ2v) is 6.49. The second kappa shape index (κ2) is 7.83. The van der Waals surface area contributed by atoms with Crippen LogP contribution in [0.25, 0.3) is 0 Å². The Morgan fingerprint density at radius 2 is 1.61 bits per heavy atom. The molecule has 0 radical (unpaired) electrons. The van der Waals surface area contributed by atoms with Gasteiger partial charge in [-0.3, -0.25) is 0 Å². The topological polar surface area (TPSA) is 66.2 Å². The van der Waals surface area contributed by atoms with Crippen LogP contribution >= 0.6 is 0 Å². The standard InChI is InChI=1S/C18H25N3O2/c1-18(2,3)23-17(22)21-13-15-6-4-14(5-7-15)10-20-12-16-8-9-19-11-16/h4-9,11,19-20H,10,12-13H2,1-3H3,(H,21,22). The summed E-state index contributed by atoms with van der Waals surface area (Å²) in [5, 5.41) is 6.15. The number of benzene rings is 1. The zero-order valence-electron chi connectivity index (χ0n) is 14.0. The molecule has 5 nitrogen and oxygen atoms in total. The molecule has 3 N–H and O–H groups in total. The maximum atomic E-state index is 11.6. The first-order valence-corrected chi connectivity index (χ1v) is 7.79. The number of ether oxygens (including phenoxy) is 1. The number of carbonyl (C=O) groups is 1. The van der Waals surface area contributed by atoms with E-state index in [9.17, 15) is 4.79 Å². The molecule has 1 amide bonds. The molecule has 0 aliphatic carbocycles. The van der Waals surface area contributed by atoms with Crippen LogP contribution in [0, 0.1) is 0 Å². The first kappa shape index (κ1) is 17.1. The number of amides is 1. The summed E-state index contributed by atoms with van der Waals surface area (Å²) in [7, 11) is 0. The van der Waals surface area contributed by atoms with Crippen molar-refractivity contribution in [1.82, 2.24) is 15.6 Å². The molecule has 2 rings (SSSR count). The first-order chi connectivity index (χ1) is 10.9. The van der Waals surface area contributed by atoms with Gasteiger partial charge in [0, 0.05) is 32.0 Å². The Morgan fingerprint density at radius 1 is 1.00 bits per heavy atom. The molecule has 2 aromatic rings. The third-order valence-electron chi connectivity index (χ3n) is 3.18. The minimum atomic E-state index is -0.473. The molecule has 1 aromatic carbocycles. The van der Waals surface area contributed by atoms with E-state index in [0.29, 0.717) is 6.54 Å². The lowest BCUT2D eigenvalue weighted by Crippen LogP contribution is -2.32. The molecule has 0 fully saturated rings. The fourth-order valence-corrected chi connectivity index (χ4v) is 2.08. The number of rotatable bonds is 6. The van der Waals surface area contributed by atoms with Gasteiger partial charge in [-0.1, -0.05) is 24.3 Å². The molecule has 0 atom stereocenters. The predicted molar refractivity (Wildman–Crippen MR) is 90.9 cm³/mol. The molecule has 0 spiro atoms. The van der Waals surface area contributed by atoms with Crippen LogP contribution in [0.5, 0.6) is 0 Å². The van der Waals surface area contributed by atoms with Crippen molar-refractivity contribution in [3.63, 3.8) is 0 Å². The lowest BCUT2D eigenvalue weighted by molar-refractivity contribution is 0.0523. The van der Waals surface area contributed by atoms with Crippen molar-refractivity contribution in [2.24, 2.45) is 0 Å². The van der Waals surface area contributed by atoms with Crippen LogP contribution in [0.4, 0.5) is 4.79 Å². The minimum absolute atomic E-state index is 0.394. The zero-order chi connectivity index (χ0) is 16.7. The second-order valence-electron chi connectivity index (χ2n) is 6.49. The number of carbonyl (C=O) groups excluding carboxylic acids is 1. The third kappa shape index (κ3) is 6.57. The van der Waals surface area contributed by atoms with Crippen molar-refractivity contribution < 1.29 is 9.53 Å². The number of nitrogens with one attached hydrogen (secondary N) is 3. The van der Waals surface area contributed by atoms with Gasteiger partial charge in [0.05, 0.1) is 0 Å². The van der Waals surface area contributed by atoms with E-state index in [-0.39, 0.29) is 0 Å². The average molecular weight is 315 g/mol. The summed E-state index contributed by atoms with van der Waals surface area (Å²) in [5.41, 5.74) is 3.02. The number of aromatic nitrogens is 1. The summed E-state index contributed by atoms with van der Waals surface area (Å²) in [5.74, 6) is 0. The normalized spacial score (nSPS) is 11.3. The molecule has 0 saturated carbocycles. The van der Waals surface area contributed by atoms with E-state index in [0.717, 1.165) is 18.7 Å². The summed E-state index contributed by atoms with van der Waals surface area (Å²) in [6.45, 7) is 7.66. The van der Waals surface area contributed by atoms with Crippen molar-refractivity contribution >= 4 is 6.09 Å². The van der Waals surface area contributed by atoms with Crippen LogP contribution in [-0.4, -0.2) is 16.7 Å². The van der Waals surface area contributed by atoms with E-state index in [4.69, 9.17) is 4.74 Å². The van der Waals surface area contributed by atoms with Crippen LogP contribution in [0.2, 0.25) is 0 Å². The van der Waals surface area contributed by atoms with Gasteiger partial charge in [-0.25, -0.2) is 4.79 Å². The highest BCUT2D eigenvalue weighted by Gasteiger charge is 2.15. The molecule has 124 valence electrons. The van der Waals surface area contributed by atoms with Crippen LogP contribution in [0.1, 0.15) is 37.5 Å². The van der Waals surface area contributed by atoms with Crippen molar-refractivity contribution in [3.05, 3.63) is 59.4 Å². The maximum absolute atomic E-state index is 11.6. The number of hydrogen-bond acceptors (Lipinski definition) is 3. The molecular formula is C18H25N3O2. The number of aromatic amines is 1. The average Bonchev–Trinajstić information content (AvgIpc) is 2.98. The number of H-pyrrole nitrogens is 1. The molecule has 0 aliphatic rings. The van der Waals surface area contributed by atoms with Crippen LogP contribution in [0.15, 0.2) is 42.7 Å². The summed E-state index contributed by atoms with van der Waals surface area (Å²) in [6.07, 6.45) is 3.51. The molecule has 0 unspecified atom stereocenters. The van der Waals surface area contributed by atoms with Gasteiger partial charge >= 0.3 is 6.09 Å². The molecular weight excluding hydrogens is 290 g/mol. The fraction of sp³-hybridized carbons (Fsp3) is 0.389. The summed E-state index contributed by atoms with van der Waals surface area (Å²) in [6, 6.07) is 10.2. The van der Waals surface area contributed by atoms with E-state index in [1.807, 2.05) is 45.3 Å². The van der Waals surface area contributed by atoms with Crippen molar-refractivity contribution in [3.8, 4) is 0 Å². The van der Waals surface area contributed by atoms with Gasteiger partial charge in [-0.2, -0.15) is 0 Å². The summed E-state index contributed by atoms with van der Waals surface area (Å²) in [4.78, 5) is 14.6. The SMILES string of the molecule is CC(C)(C)OC(=O)NCc1ccc(CNCc2cc[nH]c2)cc1. The summed E-state index contributed by atoms with van der Waals surface area (Å²) >= 11 is 0. The highest BCUT2D eigenvalue weighted by atomic mass is 16.6. The van der Waals surface area contributed by atoms with Crippen molar-refractivity contribution in [2.45, 2.75) is 46.0 Å². The van der Waals surface area contributed by atoms with Gasteiger partial charge in [-0.05, 0) is 43.5 Å². The van der Waals surface area contributed by atoms with Gasteiger partial charge in [0.25, 0.3) is 0 Å². The minimum Gasteiger partial charge on any atom is -0.444 e. The maximum Gasteiger partial charge on any atom is 0.407 e. The summed E-state index contributed by atoms with van der Waals surface area (Å²) < 4.78 is 5.21. The molecule has 0 aliphatic heterocycles. The van der Waals surface area contributed by atoms with Crippen LogP contribution in [-0.2, 0) is 24.4 Å². The number of alkyl carbamates (subject to hydrolysis) is 1. The fourth-order valence-electron chi connectivity index (χ4n) is 2.08.